The Kier molecular flexibility index (Phi) is 3.47. The van der Waals surface area contributed by atoms with E-state index in [2.05, 4.69) is 10.4 Å². The third-order valence-corrected chi connectivity index (χ3v) is 3.63. The molecule has 2 aromatic rings. The van der Waals surface area contributed by atoms with Crippen molar-refractivity contribution in [3.05, 3.63) is 34.9 Å². The number of nitrogens with zero attached hydrogens (tertiary/aromatic N) is 2. The Balaban J connectivity index is 2.11. The quantitative estimate of drug-likeness (QED) is 0.848. The molecule has 6 nitrogen and oxygen atoms in total. The van der Waals surface area contributed by atoms with E-state index in [9.17, 15) is 4.79 Å². The van der Waals surface area contributed by atoms with E-state index in [4.69, 9.17) is 22.1 Å². The summed E-state index contributed by atoms with van der Waals surface area (Å²) >= 11 is 6.17. The molecule has 0 spiro atoms. The number of esters is 1. The first kappa shape index (κ1) is 13.8. The van der Waals surface area contributed by atoms with Crippen LogP contribution in [0.4, 0.5) is 11.6 Å². The van der Waals surface area contributed by atoms with Gasteiger partial charge in [0.15, 0.2) is 5.82 Å². The lowest BCUT2D eigenvalue weighted by Crippen LogP contribution is -2.10. The van der Waals surface area contributed by atoms with Crippen LogP contribution in [0.3, 0.4) is 0 Å². The molecule has 1 aromatic heterocycles. The van der Waals surface area contributed by atoms with Gasteiger partial charge in [0.1, 0.15) is 11.4 Å². The largest absolute Gasteiger partial charge is 0.465 e. The minimum atomic E-state index is -0.519. The van der Waals surface area contributed by atoms with E-state index in [0.29, 0.717) is 22.6 Å². The van der Waals surface area contributed by atoms with Crippen molar-refractivity contribution in [1.82, 2.24) is 9.78 Å². The van der Waals surface area contributed by atoms with E-state index < -0.39 is 5.97 Å². The first-order valence-corrected chi connectivity index (χ1v) is 6.98. The summed E-state index contributed by atoms with van der Waals surface area (Å²) in [7, 11) is 1.31. The van der Waals surface area contributed by atoms with Crippen molar-refractivity contribution in [1.29, 1.82) is 0 Å². The van der Waals surface area contributed by atoms with Gasteiger partial charge in [0.2, 0.25) is 0 Å². The molecule has 7 heteroatoms. The number of para-hydroxylation sites is 1. The van der Waals surface area contributed by atoms with Gasteiger partial charge in [0.05, 0.1) is 17.8 Å². The summed E-state index contributed by atoms with van der Waals surface area (Å²) in [6.45, 7) is 0. The fourth-order valence-electron chi connectivity index (χ4n) is 2.06. The molecule has 0 amide bonds. The van der Waals surface area contributed by atoms with Crippen molar-refractivity contribution in [3.8, 4) is 5.69 Å². The predicted molar refractivity (Wildman–Crippen MR) is 81.0 cm³/mol. The third-order valence-electron chi connectivity index (χ3n) is 3.31. The Morgan fingerprint density at radius 1 is 1.48 bits per heavy atom. The highest BCUT2D eigenvalue weighted by atomic mass is 35.5. The van der Waals surface area contributed by atoms with Crippen LogP contribution in [-0.4, -0.2) is 28.9 Å². The van der Waals surface area contributed by atoms with E-state index in [1.807, 2.05) is 12.1 Å². The molecule has 3 rings (SSSR count). The summed E-state index contributed by atoms with van der Waals surface area (Å²) in [5, 5.41) is 8.08. The third kappa shape index (κ3) is 2.54. The molecule has 0 atom stereocenters. The van der Waals surface area contributed by atoms with E-state index in [1.54, 1.807) is 12.1 Å². The average molecular weight is 307 g/mol. The van der Waals surface area contributed by atoms with Gasteiger partial charge in [-0.15, -0.1) is 5.10 Å². The van der Waals surface area contributed by atoms with Crippen molar-refractivity contribution >= 4 is 29.2 Å². The van der Waals surface area contributed by atoms with Crippen LogP contribution in [0.15, 0.2) is 24.3 Å². The summed E-state index contributed by atoms with van der Waals surface area (Å²) in [4.78, 5) is 12.0. The van der Waals surface area contributed by atoms with Gasteiger partial charge in [0, 0.05) is 6.04 Å². The molecule has 1 fully saturated rings. The zero-order valence-electron chi connectivity index (χ0n) is 11.5. The van der Waals surface area contributed by atoms with Gasteiger partial charge >= 0.3 is 5.97 Å². The summed E-state index contributed by atoms with van der Waals surface area (Å²) in [5.41, 5.74) is 6.94. The number of carbonyl (C=O) groups is 1. The second-order valence-electron chi connectivity index (χ2n) is 4.88. The van der Waals surface area contributed by atoms with Crippen LogP contribution in [0.1, 0.15) is 23.2 Å². The second kappa shape index (κ2) is 5.29. The van der Waals surface area contributed by atoms with Gasteiger partial charge in [-0.25, -0.2) is 9.48 Å². The number of ether oxygens (including phenoxy) is 1. The molecule has 0 bridgehead atoms. The highest BCUT2D eigenvalue weighted by Crippen LogP contribution is 2.32. The maximum absolute atomic E-state index is 12.0. The summed E-state index contributed by atoms with van der Waals surface area (Å²) in [5.74, 6) is 0.119. The minimum absolute atomic E-state index is 0.207. The highest BCUT2D eigenvalue weighted by Gasteiger charge is 2.29. The molecule has 0 radical (unpaired) electrons. The number of benzene rings is 1. The van der Waals surface area contributed by atoms with E-state index in [1.165, 1.54) is 11.8 Å². The fourth-order valence-corrected chi connectivity index (χ4v) is 2.28. The van der Waals surface area contributed by atoms with Crippen molar-refractivity contribution in [3.63, 3.8) is 0 Å². The summed E-state index contributed by atoms with van der Waals surface area (Å²) in [6, 6.07) is 7.50. The normalized spacial score (nSPS) is 14.0. The van der Waals surface area contributed by atoms with E-state index in [0.717, 1.165) is 12.8 Å². The van der Waals surface area contributed by atoms with Crippen LogP contribution >= 0.6 is 11.6 Å². The topological polar surface area (TPSA) is 82.2 Å². The van der Waals surface area contributed by atoms with Crippen molar-refractivity contribution in [2.24, 2.45) is 0 Å². The smallest absolute Gasteiger partial charge is 0.345 e. The standard InChI is InChI=1S/C14H15ClN4O2/c1-21-14(20)11-12(16)19(10-5-3-2-4-9(10)15)18-13(11)17-8-6-7-8/h2-5,8H,6-7,16H2,1H3,(H,17,18). The molecule has 1 heterocycles. The number of aromatic nitrogens is 2. The Morgan fingerprint density at radius 3 is 2.81 bits per heavy atom. The van der Waals surface area contributed by atoms with Crippen molar-refractivity contribution in [2.45, 2.75) is 18.9 Å². The number of methoxy groups -OCH3 is 1. The van der Waals surface area contributed by atoms with Crippen LogP contribution in [-0.2, 0) is 4.74 Å². The number of anilines is 2. The summed E-state index contributed by atoms with van der Waals surface area (Å²) < 4.78 is 6.25. The molecule has 3 N–H and O–H groups in total. The lowest BCUT2D eigenvalue weighted by Gasteiger charge is -2.05. The molecular formula is C14H15ClN4O2. The predicted octanol–water partition coefficient (Wildman–Crippen LogP) is 2.47. The van der Waals surface area contributed by atoms with Crippen LogP contribution in [0, 0.1) is 0 Å². The number of carbonyl (C=O) groups excluding carboxylic acids is 1. The van der Waals surface area contributed by atoms with E-state index in [-0.39, 0.29) is 11.4 Å². The zero-order chi connectivity index (χ0) is 15.0. The second-order valence-corrected chi connectivity index (χ2v) is 5.29. The van der Waals surface area contributed by atoms with Gasteiger partial charge in [-0.3, -0.25) is 0 Å². The number of hydrogen-bond donors (Lipinski definition) is 2. The van der Waals surface area contributed by atoms with Gasteiger partial charge in [-0.05, 0) is 25.0 Å². The minimum Gasteiger partial charge on any atom is -0.465 e. The lowest BCUT2D eigenvalue weighted by atomic mass is 10.3. The number of nitrogen functional groups attached to an aromatic ring is 1. The summed E-state index contributed by atoms with van der Waals surface area (Å²) in [6.07, 6.45) is 2.11. The van der Waals surface area contributed by atoms with Gasteiger partial charge in [-0.1, -0.05) is 23.7 Å². The van der Waals surface area contributed by atoms with Gasteiger partial charge in [-0.2, -0.15) is 0 Å². The molecule has 0 unspecified atom stereocenters. The van der Waals surface area contributed by atoms with Crippen LogP contribution in [0.25, 0.3) is 5.69 Å². The molecule has 0 aliphatic heterocycles. The molecule has 1 aliphatic rings. The van der Waals surface area contributed by atoms with Crippen LogP contribution in [0.2, 0.25) is 5.02 Å². The number of nitrogens with one attached hydrogen (secondary N) is 1. The fraction of sp³-hybridized carbons (Fsp3) is 0.286. The average Bonchev–Trinajstić information content (AvgIpc) is 3.23. The SMILES string of the molecule is COC(=O)c1c(NC2CC2)nn(-c2ccccc2Cl)c1N. The molecule has 21 heavy (non-hydrogen) atoms. The van der Waals surface area contributed by atoms with Crippen LogP contribution < -0.4 is 11.1 Å². The van der Waals surface area contributed by atoms with Crippen molar-refractivity contribution < 1.29 is 9.53 Å². The van der Waals surface area contributed by atoms with Gasteiger partial charge < -0.3 is 15.8 Å². The zero-order valence-corrected chi connectivity index (χ0v) is 12.2. The van der Waals surface area contributed by atoms with Gasteiger partial charge in [0.25, 0.3) is 0 Å². The molecule has 1 aromatic carbocycles. The molecule has 110 valence electrons. The van der Waals surface area contributed by atoms with E-state index >= 15 is 0 Å². The molecular weight excluding hydrogens is 292 g/mol. The molecule has 1 saturated carbocycles. The highest BCUT2D eigenvalue weighted by molar-refractivity contribution is 6.32. The first-order chi connectivity index (χ1) is 10.1. The number of rotatable bonds is 4. The Labute approximate surface area is 126 Å². The Morgan fingerprint density at radius 2 is 2.19 bits per heavy atom. The molecule has 0 saturated heterocycles. The lowest BCUT2D eigenvalue weighted by molar-refractivity contribution is 0.0603. The Bertz CT molecular complexity index is 694. The van der Waals surface area contributed by atoms with Crippen molar-refractivity contribution in [2.75, 3.05) is 18.2 Å². The monoisotopic (exact) mass is 306 g/mol. The Hall–Kier alpha value is -2.21. The maximum Gasteiger partial charge on any atom is 0.345 e. The maximum atomic E-state index is 12.0. The number of hydrogen-bond acceptors (Lipinski definition) is 5. The van der Waals surface area contributed by atoms with Crippen LogP contribution in [0.5, 0.6) is 0 Å². The molecule has 1 aliphatic carbocycles. The number of nitrogens with two attached hydrogens (primary N) is 1. The number of halogens is 1. The first-order valence-electron chi connectivity index (χ1n) is 6.60.